The zero-order valence-corrected chi connectivity index (χ0v) is 9.79. The summed E-state index contributed by atoms with van der Waals surface area (Å²) in [5.74, 6) is 0.420. The lowest BCUT2D eigenvalue weighted by molar-refractivity contribution is 0.590. The molecule has 13 heavy (non-hydrogen) atoms. The van der Waals surface area contributed by atoms with Crippen molar-refractivity contribution >= 4 is 21.4 Å². The second-order valence-corrected chi connectivity index (χ2v) is 6.04. The molecule has 0 spiro atoms. The molecule has 1 atom stereocenters. The minimum atomic E-state index is -2.83. The van der Waals surface area contributed by atoms with E-state index in [0.29, 0.717) is 13.1 Å². The number of rotatable bonds is 7. The van der Waals surface area contributed by atoms with Crippen LogP contribution in [0.15, 0.2) is 0 Å². The molecule has 0 aromatic rings. The fourth-order valence-electron chi connectivity index (χ4n) is 0.775. The topological polar surface area (TPSA) is 46.2 Å². The molecule has 0 heterocycles. The van der Waals surface area contributed by atoms with Gasteiger partial charge in [-0.05, 0) is 6.42 Å². The lowest BCUT2D eigenvalue weighted by Crippen LogP contribution is -2.28. The van der Waals surface area contributed by atoms with Crippen molar-refractivity contribution in [2.75, 3.05) is 24.6 Å². The smallest absolute Gasteiger partial charge is 0.151 e. The molecule has 0 radical (unpaired) electrons. The van der Waals surface area contributed by atoms with E-state index in [1.54, 1.807) is 6.92 Å². The van der Waals surface area contributed by atoms with Crippen molar-refractivity contribution in [3.05, 3.63) is 0 Å². The van der Waals surface area contributed by atoms with Crippen LogP contribution in [-0.4, -0.2) is 38.4 Å². The van der Waals surface area contributed by atoms with Gasteiger partial charge < -0.3 is 5.32 Å². The third-order valence-corrected chi connectivity index (χ3v) is 4.01. The van der Waals surface area contributed by atoms with Crippen LogP contribution in [-0.2, 0) is 9.84 Å². The molecule has 0 aliphatic carbocycles. The van der Waals surface area contributed by atoms with E-state index in [2.05, 4.69) is 5.32 Å². The van der Waals surface area contributed by atoms with Crippen molar-refractivity contribution < 1.29 is 8.42 Å². The average Bonchev–Trinajstić information content (AvgIpc) is 2.12. The highest BCUT2D eigenvalue weighted by atomic mass is 35.5. The van der Waals surface area contributed by atoms with Crippen molar-refractivity contribution in [1.82, 2.24) is 5.32 Å². The van der Waals surface area contributed by atoms with Crippen LogP contribution in [0.5, 0.6) is 0 Å². The van der Waals surface area contributed by atoms with E-state index in [9.17, 15) is 8.42 Å². The van der Waals surface area contributed by atoms with Gasteiger partial charge in [-0.3, -0.25) is 0 Å². The lowest BCUT2D eigenvalue weighted by atomic mass is 10.3. The molecule has 80 valence electrons. The number of hydrogen-bond donors (Lipinski definition) is 1. The fourth-order valence-corrected chi connectivity index (χ4v) is 1.63. The summed E-state index contributed by atoms with van der Waals surface area (Å²) in [6, 6.07) is 0. The highest BCUT2D eigenvalue weighted by Gasteiger charge is 2.06. The molecule has 0 rings (SSSR count). The first-order chi connectivity index (χ1) is 6.02. The predicted octanol–water partition coefficient (Wildman–Crippen LogP) is 1.03. The molecule has 0 aliphatic heterocycles. The standard InChI is InChI=1S/C8H18ClNO2S/c1-3-8(9)7-10-5-6-13(11,12)4-2/h8,10H,3-7H2,1-2H3. The van der Waals surface area contributed by atoms with Crippen LogP contribution in [0.3, 0.4) is 0 Å². The Hall–Kier alpha value is 0.200. The molecule has 5 heteroatoms. The van der Waals surface area contributed by atoms with Gasteiger partial charge in [-0.25, -0.2) is 8.42 Å². The maximum absolute atomic E-state index is 11.0. The van der Waals surface area contributed by atoms with Crippen LogP contribution >= 0.6 is 11.6 Å². The van der Waals surface area contributed by atoms with Gasteiger partial charge in [0.2, 0.25) is 0 Å². The van der Waals surface area contributed by atoms with Crippen LogP contribution in [0.4, 0.5) is 0 Å². The SMILES string of the molecule is CCC(Cl)CNCCS(=O)(=O)CC. The minimum Gasteiger partial charge on any atom is -0.314 e. The molecule has 0 aliphatic rings. The van der Waals surface area contributed by atoms with Gasteiger partial charge in [0.1, 0.15) is 0 Å². The number of hydrogen-bond acceptors (Lipinski definition) is 3. The highest BCUT2D eigenvalue weighted by molar-refractivity contribution is 7.91. The van der Waals surface area contributed by atoms with Crippen molar-refractivity contribution in [2.24, 2.45) is 0 Å². The number of alkyl halides is 1. The van der Waals surface area contributed by atoms with Gasteiger partial charge in [0, 0.05) is 24.2 Å². The zero-order valence-electron chi connectivity index (χ0n) is 8.22. The van der Waals surface area contributed by atoms with Crippen LogP contribution < -0.4 is 5.32 Å². The normalized spacial score (nSPS) is 14.4. The first-order valence-electron chi connectivity index (χ1n) is 4.57. The Bertz CT molecular complexity index is 216. The largest absolute Gasteiger partial charge is 0.314 e. The van der Waals surface area contributed by atoms with E-state index in [1.807, 2.05) is 6.92 Å². The summed E-state index contributed by atoms with van der Waals surface area (Å²) < 4.78 is 22.1. The van der Waals surface area contributed by atoms with Crippen molar-refractivity contribution in [2.45, 2.75) is 25.6 Å². The first-order valence-corrected chi connectivity index (χ1v) is 6.82. The Morgan fingerprint density at radius 1 is 1.38 bits per heavy atom. The van der Waals surface area contributed by atoms with Gasteiger partial charge in [-0.15, -0.1) is 11.6 Å². The Kier molecular flexibility index (Phi) is 6.73. The van der Waals surface area contributed by atoms with E-state index >= 15 is 0 Å². The third-order valence-electron chi connectivity index (χ3n) is 1.84. The summed E-state index contributed by atoms with van der Waals surface area (Å²) in [6.07, 6.45) is 0.898. The highest BCUT2D eigenvalue weighted by Crippen LogP contribution is 1.97. The minimum absolute atomic E-state index is 0.101. The van der Waals surface area contributed by atoms with Gasteiger partial charge in [-0.1, -0.05) is 13.8 Å². The Morgan fingerprint density at radius 3 is 2.46 bits per heavy atom. The predicted molar refractivity (Wildman–Crippen MR) is 57.1 cm³/mol. The van der Waals surface area contributed by atoms with E-state index in [4.69, 9.17) is 11.6 Å². The van der Waals surface area contributed by atoms with E-state index in [-0.39, 0.29) is 16.9 Å². The lowest BCUT2D eigenvalue weighted by Gasteiger charge is -2.07. The van der Waals surface area contributed by atoms with Crippen LogP contribution in [0.1, 0.15) is 20.3 Å². The number of sulfone groups is 1. The van der Waals surface area contributed by atoms with Crippen LogP contribution in [0.2, 0.25) is 0 Å². The molecule has 0 bridgehead atoms. The van der Waals surface area contributed by atoms with Crippen molar-refractivity contribution in [3.63, 3.8) is 0 Å². The second kappa shape index (κ2) is 6.62. The molecule has 0 amide bonds. The van der Waals surface area contributed by atoms with Crippen LogP contribution in [0.25, 0.3) is 0 Å². The summed E-state index contributed by atoms with van der Waals surface area (Å²) in [4.78, 5) is 0. The Morgan fingerprint density at radius 2 is 2.00 bits per heavy atom. The quantitative estimate of drug-likeness (QED) is 0.522. The van der Waals surface area contributed by atoms with Crippen molar-refractivity contribution in [1.29, 1.82) is 0 Å². The molecular formula is C8H18ClNO2S. The third kappa shape index (κ3) is 7.28. The monoisotopic (exact) mass is 227 g/mol. The van der Waals surface area contributed by atoms with Gasteiger partial charge >= 0.3 is 0 Å². The van der Waals surface area contributed by atoms with Gasteiger partial charge in [0.25, 0.3) is 0 Å². The number of nitrogens with one attached hydrogen (secondary N) is 1. The molecule has 0 aromatic heterocycles. The molecule has 0 saturated carbocycles. The summed E-state index contributed by atoms with van der Waals surface area (Å²) >= 11 is 5.84. The summed E-state index contributed by atoms with van der Waals surface area (Å²) in [5.41, 5.74) is 0. The van der Waals surface area contributed by atoms with E-state index < -0.39 is 9.84 Å². The summed E-state index contributed by atoms with van der Waals surface area (Å²) in [5, 5.41) is 3.12. The summed E-state index contributed by atoms with van der Waals surface area (Å²) in [7, 11) is -2.83. The molecule has 1 unspecified atom stereocenters. The molecular weight excluding hydrogens is 210 g/mol. The van der Waals surface area contributed by atoms with E-state index in [0.717, 1.165) is 6.42 Å². The maximum atomic E-state index is 11.0. The van der Waals surface area contributed by atoms with Gasteiger partial charge in [-0.2, -0.15) is 0 Å². The molecule has 1 N–H and O–H groups in total. The Balaban J connectivity index is 3.47. The van der Waals surface area contributed by atoms with Gasteiger partial charge in [0.05, 0.1) is 5.75 Å². The molecule has 0 fully saturated rings. The summed E-state index contributed by atoms with van der Waals surface area (Å²) in [6.45, 7) is 4.84. The van der Waals surface area contributed by atoms with Crippen LogP contribution in [0, 0.1) is 0 Å². The van der Waals surface area contributed by atoms with Gasteiger partial charge in [0.15, 0.2) is 9.84 Å². The molecule has 0 saturated heterocycles. The zero-order chi connectivity index (χ0) is 10.3. The first kappa shape index (κ1) is 13.2. The average molecular weight is 228 g/mol. The maximum Gasteiger partial charge on any atom is 0.151 e. The van der Waals surface area contributed by atoms with E-state index in [1.165, 1.54) is 0 Å². The molecule has 3 nitrogen and oxygen atoms in total. The number of halogens is 1. The second-order valence-electron chi connectivity index (χ2n) is 2.95. The fraction of sp³-hybridized carbons (Fsp3) is 1.00. The Labute approximate surface area is 85.8 Å². The molecule has 0 aromatic carbocycles. The van der Waals surface area contributed by atoms with Crippen molar-refractivity contribution in [3.8, 4) is 0 Å².